The zero-order chi connectivity index (χ0) is 13.7. The number of rotatable bonds is 4. The Labute approximate surface area is 119 Å². The predicted octanol–water partition coefficient (Wildman–Crippen LogP) is 3.26. The number of nitrogens with one attached hydrogen (secondary N) is 1. The average molecular weight is 282 g/mol. The lowest BCUT2D eigenvalue weighted by Crippen LogP contribution is -2.46. The first-order valence-corrected chi connectivity index (χ1v) is 7.12. The highest BCUT2D eigenvalue weighted by molar-refractivity contribution is 6.30. The van der Waals surface area contributed by atoms with Crippen molar-refractivity contribution in [1.82, 2.24) is 5.32 Å². The fourth-order valence-corrected chi connectivity index (χ4v) is 2.93. The summed E-state index contributed by atoms with van der Waals surface area (Å²) in [6.45, 7) is 0.249. The van der Waals surface area contributed by atoms with Crippen molar-refractivity contribution in [2.24, 2.45) is 0 Å². The van der Waals surface area contributed by atoms with E-state index < -0.39 is 0 Å². The molecule has 104 valence electrons. The summed E-state index contributed by atoms with van der Waals surface area (Å²) in [6.07, 6.45) is 5.71. The van der Waals surface area contributed by atoms with E-state index in [1.165, 1.54) is 31.9 Å². The lowest BCUT2D eigenvalue weighted by Gasteiger charge is -2.38. The summed E-state index contributed by atoms with van der Waals surface area (Å²) in [5.74, 6) is -0.223. The maximum Gasteiger partial charge on any atom is 0.319 e. The molecule has 0 aromatic heterocycles. The molecule has 0 heterocycles. The van der Waals surface area contributed by atoms with Gasteiger partial charge in [-0.15, -0.1) is 0 Å². The van der Waals surface area contributed by atoms with Crippen LogP contribution in [0, 0.1) is 0 Å². The maximum atomic E-state index is 11.4. The first-order chi connectivity index (χ1) is 9.16. The van der Waals surface area contributed by atoms with Gasteiger partial charge in [-0.3, -0.25) is 10.1 Å². The number of methoxy groups -OCH3 is 1. The van der Waals surface area contributed by atoms with Gasteiger partial charge < -0.3 is 4.74 Å². The Bertz CT molecular complexity index is 424. The summed E-state index contributed by atoms with van der Waals surface area (Å²) >= 11 is 5.95. The van der Waals surface area contributed by atoms with E-state index in [4.69, 9.17) is 16.3 Å². The Kier molecular flexibility index (Phi) is 4.83. The van der Waals surface area contributed by atoms with E-state index in [1.54, 1.807) is 0 Å². The normalized spacial score (nSPS) is 18.0. The summed E-state index contributed by atoms with van der Waals surface area (Å²) in [7, 11) is 1.42. The van der Waals surface area contributed by atoms with Crippen molar-refractivity contribution >= 4 is 17.6 Å². The minimum absolute atomic E-state index is 0.114. The maximum absolute atomic E-state index is 11.4. The van der Waals surface area contributed by atoms with E-state index in [1.807, 2.05) is 12.1 Å². The van der Waals surface area contributed by atoms with Gasteiger partial charge in [-0.25, -0.2) is 0 Å². The topological polar surface area (TPSA) is 38.3 Å². The molecular formula is C15H20ClNO2. The van der Waals surface area contributed by atoms with Crippen LogP contribution in [0.15, 0.2) is 24.3 Å². The number of esters is 1. The Hall–Kier alpha value is -1.06. The van der Waals surface area contributed by atoms with Gasteiger partial charge in [0.1, 0.15) is 0 Å². The minimum Gasteiger partial charge on any atom is -0.468 e. The van der Waals surface area contributed by atoms with Crippen LogP contribution in [-0.2, 0) is 15.1 Å². The number of carbonyl (C=O) groups excluding carboxylic acids is 1. The number of hydrogen-bond donors (Lipinski definition) is 1. The Morgan fingerprint density at radius 2 is 1.89 bits per heavy atom. The summed E-state index contributed by atoms with van der Waals surface area (Å²) in [5, 5.41) is 4.14. The lowest BCUT2D eigenvalue weighted by molar-refractivity contribution is -0.140. The first-order valence-electron chi connectivity index (χ1n) is 6.74. The molecule has 2 rings (SSSR count). The third-order valence-corrected chi connectivity index (χ3v) is 4.15. The SMILES string of the molecule is COC(=O)CNC1(c2ccc(Cl)cc2)CCCCC1. The van der Waals surface area contributed by atoms with Gasteiger partial charge in [0, 0.05) is 10.6 Å². The van der Waals surface area contributed by atoms with Crippen molar-refractivity contribution in [3.05, 3.63) is 34.9 Å². The molecule has 0 unspecified atom stereocenters. The van der Waals surface area contributed by atoms with Gasteiger partial charge in [0.05, 0.1) is 13.7 Å². The van der Waals surface area contributed by atoms with E-state index in [0.29, 0.717) is 0 Å². The molecule has 1 aromatic rings. The summed E-state index contributed by atoms with van der Waals surface area (Å²) < 4.78 is 4.72. The van der Waals surface area contributed by atoms with Gasteiger partial charge in [0.25, 0.3) is 0 Å². The minimum atomic E-state index is -0.223. The predicted molar refractivity (Wildman–Crippen MR) is 76.2 cm³/mol. The number of halogens is 1. The second-order valence-corrected chi connectivity index (χ2v) is 5.52. The molecule has 19 heavy (non-hydrogen) atoms. The molecule has 4 heteroatoms. The number of ether oxygens (including phenoxy) is 1. The zero-order valence-electron chi connectivity index (χ0n) is 11.2. The Balaban J connectivity index is 2.18. The molecule has 0 saturated heterocycles. The third kappa shape index (κ3) is 3.48. The summed E-state index contributed by atoms with van der Waals surface area (Å²) in [5.41, 5.74) is 1.09. The van der Waals surface area contributed by atoms with Crippen molar-refractivity contribution in [2.45, 2.75) is 37.6 Å². The molecule has 1 N–H and O–H groups in total. The quantitative estimate of drug-likeness (QED) is 0.861. The van der Waals surface area contributed by atoms with Crippen LogP contribution in [0.5, 0.6) is 0 Å². The molecule has 0 atom stereocenters. The molecule has 0 spiro atoms. The molecule has 1 aromatic carbocycles. The Morgan fingerprint density at radius 3 is 2.47 bits per heavy atom. The molecule has 0 radical (unpaired) electrons. The van der Waals surface area contributed by atoms with Crippen LogP contribution < -0.4 is 5.32 Å². The smallest absolute Gasteiger partial charge is 0.319 e. The average Bonchev–Trinajstić information content (AvgIpc) is 2.46. The monoisotopic (exact) mass is 281 g/mol. The van der Waals surface area contributed by atoms with Gasteiger partial charge in [-0.2, -0.15) is 0 Å². The molecule has 3 nitrogen and oxygen atoms in total. The van der Waals surface area contributed by atoms with Gasteiger partial charge >= 0.3 is 5.97 Å². The van der Waals surface area contributed by atoms with Crippen molar-refractivity contribution in [3.63, 3.8) is 0 Å². The molecule has 1 fully saturated rings. The van der Waals surface area contributed by atoms with Gasteiger partial charge in [0.2, 0.25) is 0 Å². The van der Waals surface area contributed by atoms with Crippen LogP contribution >= 0.6 is 11.6 Å². The molecule has 0 aliphatic heterocycles. The Morgan fingerprint density at radius 1 is 1.26 bits per heavy atom. The van der Waals surface area contributed by atoms with E-state index in [0.717, 1.165) is 17.9 Å². The highest BCUT2D eigenvalue weighted by Gasteiger charge is 2.33. The molecule has 1 saturated carbocycles. The number of carbonyl (C=O) groups is 1. The highest BCUT2D eigenvalue weighted by Crippen LogP contribution is 2.37. The molecule has 1 aliphatic rings. The molecule has 0 amide bonds. The van der Waals surface area contributed by atoms with Crippen LogP contribution in [-0.4, -0.2) is 19.6 Å². The largest absolute Gasteiger partial charge is 0.468 e. The van der Waals surface area contributed by atoms with Crippen LogP contribution in [0.4, 0.5) is 0 Å². The van der Waals surface area contributed by atoms with Crippen molar-refractivity contribution < 1.29 is 9.53 Å². The van der Waals surface area contributed by atoms with Crippen molar-refractivity contribution in [3.8, 4) is 0 Å². The van der Waals surface area contributed by atoms with E-state index >= 15 is 0 Å². The van der Waals surface area contributed by atoms with E-state index in [-0.39, 0.29) is 18.1 Å². The van der Waals surface area contributed by atoms with Crippen LogP contribution in [0.25, 0.3) is 0 Å². The van der Waals surface area contributed by atoms with Crippen LogP contribution in [0.2, 0.25) is 5.02 Å². The second-order valence-electron chi connectivity index (χ2n) is 5.08. The first kappa shape index (κ1) is 14.4. The molecule has 0 bridgehead atoms. The highest BCUT2D eigenvalue weighted by atomic mass is 35.5. The van der Waals surface area contributed by atoms with Crippen LogP contribution in [0.1, 0.15) is 37.7 Å². The van der Waals surface area contributed by atoms with Crippen LogP contribution in [0.3, 0.4) is 0 Å². The zero-order valence-corrected chi connectivity index (χ0v) is 12.0. The summed E-state index contributed by atoms with van der Waals surface area (Å²) in [4.78, 5) is 11.4. The summed E-state index contributed by atoms with van der Waals surface area (Å²) in [6, 6.07) is 7.93. The van der Waals surface area contributed by atoms with Gasteiger partial charge in [0.15, 0.2) is 0 Å². The molecule has 1 aliphatic carbocycles. The second kappa shape index (κ2) is 6.40. The fourth-order valence-electron chi connectivity index (χ4n) is 2.81. The third-order valence-electron chi connectivity index (χ3n) is 3.90. The molecular weight excluding hydrogens is 262 g/mol. The van der Waals surface area contributed by atoms with Crippen molar-refractivity contribution in [2.75, 3.05) is 13.7 Å². The lowest BCUT2D eigenvalue weighted by atomic mass is 9.76. The number of benzene rings is 1. The number of hydrogen-bond acceptors (Lipinski definition) is 3. The van der Waals surface area contributed by atoms with E-state index in [9.17, 15) is 4.79 Å². The van der Waals surface area contributed by atoms with Crippen molar-refractivity contribution in [1.29, 1.82) is 0 Å². The standard InChI is InChI=1S/C15H20ClNO2/c1-19-14(18)11-17-15(9-3-2-4-10-15)12-5-7-13(16)8-6-12/h5-8,17H,2-4,9-11H2,1H3. The van der Waals surface area contributed by atoms with Gasteiger partial charge in [-0.1, -0.05) is 43.0 Å². The van der Waals surface area contributed by atoms with E-state index in [2.05, 4.69) is 17.4 Å². The fraction of sp³-hybridized carbons (Fsp3) is 0.533. The van der Waals surface area contributed by atoms with Gasteiger partial charge in [-0.05, 0) is 30.5 Å².